The van der Waals surface area contributed by atoms with E-state index in [-0.39, 0.29) is 20.1 Å². The monoisotopic (exact) mass is 714 g/mol. The summed E-state index contributed by atoms with van der Waals surface area (Å²) >= 11 is 35.7. The minimum atomic E-state index is -1.82. The Morgan fingerprint density at radius 1 is 0.643 bits per heavy atom. The average molecular weight is 717 g/mol. The van der Waals surface area contributed by atoms with Crippen LogP contribution in [-0.2, 0) is 28.7 Å². The zero-order valence-corrected chi connectivity index (χ0v) is 27.2. The van der Waals surface area contributed by atoms with E-state index in [9.17, 15) is 9.59 Å². The quantitative estimate of drug-likeness (QED) is 0.0912. The molecule has 0 amide bonds. The summed E-state index contributed by atoms with van der Waals surface area (Å²) in [6.07, 6.45) is 11.0. The van der Waals surface area contributed by atoms with E-state index < -0.39 is 45.8 Å². The Kier molecular flexibility index (Phi) is 19.0. The predicted octanol–water partition coefficient (Wildman–Crippen LogP) is 7.33. The zero-order valence-electron chi connectivity index (χ0n) is 22.6. The van der Waals surface area contributed by atoms with Crippen LogP contribution < -0.4 is 0 Å². The SMILES string of the molecule is CCCCCOC1(Cl)C=C(Cl)C(Cl)=CC1C(=O)O.CCCCCOC1(Cl)C=C(Cl)C(Cl)=CC1C(=O)O.O=C(O)C(=O)O. The second-order valence-electron chi connectivity index (χ2n) is 8.76. The van der Waals surface area contributed by atoms with Crippen molar-refractivity contribution in [3.63, 3.8) is 0 Å². The fourth-order valence-corrected chi connectivity index (χ4v) is 4.85. The Labute approximate surface area is 273 Å². The molecule has 4 atom stereocenters. The first kappa shape index (κ1) is 40.5. The first-order valence-corrected chi connectivity index (χ1v) is 14.8. The molecule has 0 heterocycles. The number of rotatable bonds is 12. The van der Waals surface area contributed by atoms with Crippen LogP contribution >= 0.6 is 69.6 Å². The normalized spacial score (nSPS) is 24.8. The summed E-state index contributed by atoms with van der Waals surface area (Å²) in [5.41, 5.74) is 0. The van der Waals surface area contributed by atoms with Crippen LogP contribution in [-0.4, -0.2) is 67.6 Å². The Morgan fingerprint density at radius 2 is 0.952 bits per heavy atom. The Hall–Kier alpha value is -1.50. The molecule has 0 saturated carbocycles. The van der Waals surface area contributed by atoms with Crippen molar-refractivity contribution in [3.8, 4) is 0 Å². The summed E-state index contributed by atoms with van der Waals surface area (Å²) < 4.78 is 11.0. The lowest BCUT2D eigenvalue weighted by molar-refractivity contribution is -0.159. The van der Waals surface area contributed by atoms with Crippen LogP contribution in [0.2, 0.25) is 0 Å². The molecule has 4 N–H and O–H groups in total. The van der Waals surface area contributed by atoms with E-state index in [1.165, 1.54) is 24.3 Å². The fourth-order valence-electron chi connectivity index (χ4n) is 3.25. The number of alkyl halides is 2. The molecule has 2 rings (SSSR count). The number of carbonyl (C=O) groups is 4. The summed E-state index contributed by atoms with van der Waals surface area (Å²) in [4.78, 5) is 40.5. The van der Waals surface area contributed by atoms with Crippen molar-refractivity contribution in [2.24, 2.45) is 11.8 Å². The van der Waals surface area contributed by atoms with E-state index in [1.807, 2.05) is 0 Å². The minimum absolute atomic E-state index is 0.178. The van der Waals surface area contributed by atoms with Gasteiger partial charge in [0.1, 0.15) is 11.8 Å². The van der Waals surface area contributed by atoms with Gasteiger partial charge in [0.2, 0.25) is 0 Å². The molecule has 0 aromatic carbocycles. The number of carboxylic acid groups (broad SMARTS) is 4. The molecule has 0 aromatic heterocycles. The van der Waals surface area contributed by atoms with Crippen molar-refractivity contribution in [1.82, 2.24) is 0 Å². The van der Waals surface area contributed by atoms with Crippen molar-refractivity contribution in [3.05, 3.63) is 44.4 Å². The number of ether oxygens (including phenoxy) is 2. The summed E-state index contributed by atoms with van der Waals surface area (Å²) in [6.45, 7) is 4.90. The van der Waals surface area contributed by atoms with E-state index in [0.29, 0.717) is 13.2 Å². The molecule has 2 aliphatic carbocycles. The molecule has 0 bridgehead atoms. The van der Waals surface area contributed by atoms with Gasteiger partial charge in [0.25, 0.3) is 0 Å². The zero-order chi connectivity index (χ0) is 32.7. The molecule has 238 valence electrons. The lowest BCUT2D eigenvalue weighted by Crippen LogP contribution is -2.39. The van der Waals surface area contributed by atoms with Crippen LogP contribution in [0.1, 0.15) is 52.4 Å². The molecule has 10 nitrogen and oxygen atoms in total. The highest BCUT2D eigenvalue weighted by molar-refractivity contribution is 6.45. The average Bonchev–Trinajstić information content (AvgIpc) is 2.89. The topological polar surface area (TPSA) is 168 Å². The van der Waals surface area contributed by atoms with E-state index in [0.717, 1.165) is 38.5 Å². The van der Waals surface area contributed by atoms with Crippen LogP contribution in [0.5, 0.6) is 0 Å². The summed E-state index contributed by atoms with van der Waals surface area (Å²) in [6, 6.07) is 0. The van der Waals surface area contributed by atoms with Crippen molar-refractivity contribution < 1.29 is 49.1 Å². The number of allylic oxidation sites excluding steroid dienone is 4. The molecule has 4 unspecified atom stereocenters. The summed E-state index contributed by atoms with van der Waals surface area (Å²) in [7, 11) is 0. The van der Waals surface area contributed by atoms with Gasteiger partial charge in [-0.15, -0.1) is 0 Å². The second kappa shape index (κ2) is 19.7. The third kappa shape index (κ3) is 13.9. The van der Waals surface area contributed by atoms with Gasteiger partial charge in [-0.3, -0.25) is 9.59 Å². The number of hydrogen-bond acceptors (Lipinski definition) is 6. The van der Waals surface area contributed by atoms with Crippen molar-refractivity contribution in [1.29, 1.82) is 0 Å². The van der Waals surface area contributed by atoms with Crippen molar-refractivity contribution in [2.75, 3.05) is 13.2 Å². The maximum Gasteiger partial charge on any atom is 0.414 e. The molecule has 0 spiro atoms. The van der Waals surface area contributed by atoms with Gasteiger partial charge in [-0.2, -0.15) is 0 Å². The highest BCUT2D eigenvalue weighted by atomic mass is 35.5. The molecule has 16 heteroatoms. The Morgan fingerprint density at radius 3 is 1.19 bits per heavy atom. The first-order chi connectivity index (χ1) is 19.5. The third-order valence-electron chi connectivity index (χ3n) is 5.43. The molecule has 0 aromatic rings. The van der Waals surface area contributed by atoms with Crippen LogP contribution in [0.25, 0.3) is 0 Å². The molecule has 2 aliphatic rings. The number of hydrogen-bond donors (Lipinski definition) is 4. The standard InChI is InChI=1S/2C12H15Cl3O3.C2H2O4/c2*1-2-3-4-5-18-12(15)7-10(14)9(13)6-8(12)11(16)17;3-1(4)2(5)6/h2*6-8H,2-5H2,1H3,(H,16,17);(H,3,4)(H,5,6). The molecule has 0 fully saturated rings. The maximum absolute atomic E-state index is 11.2. The summed E-state index contributed by atoms with van der Waals surface area (Å²) in [5.74, 6) is -7.94. The van der Waals surface area contributed by atoms with Gasteiger partial charge in [-0.25, -0.2) is 9.59 Å². The number of aliphatic carboxylic acids is 4. The van der Waals surface area contributed by atoms with E-state index in [2.05, 4.69) is 13.8 Å². The van der Waals surface area contributed by atoms with E-state index >= 15 is 0 Å². The van der Waals surface area contributed by atoms with Crippen molar-refractivity contribution in [2.45, 2.75) is 62.5 Å². The number of unbranched alkanes of at least 4 members (excludes halogenated alkanes) is 4. The lowest BCUT2D eigenvalue weighted by atomic mass is 9.96. The van der Waals surface area contributed by atoms with Gasteiger partial charge in [-0.1, -0.05) is 109 Å². The van der Waals surface area contributed by atoms with Gasteiger partial charge in [0.15, 0.2) is 10.1 Å². The lowest BCUT2D eigenvalue weighted by Gasteiger charge is -2.31. The maximum atomic E-state index is 11.2. The van der Waals surface area contributed by atoms with E-state index in [4.69, 9.17) is 109 Å². The van der Waals surface area contributed by atoms with Gasteiger partial charge >= 0.3 is 23.9 Å². The Balaban J connectivity index is 0.000000672. The first-order valence-electron chi connectivity index (χ1n) is 12.5. The number of carboxylic acids is 4. The summed E-state index contributed by atoms with van der Waals surface area (Å²) in [5, 5.41) is 30.9. The molecule has 0 radical (unpaired) electrons. The fraction of sp³-hybridized carbons (Fsp3) is 0.538. The molecular formula is C26H32Cl6O10. The van der Waals surface area contributed by atoms with Crippen LogP contribution in [0.4, 0.5) is 0 Å². The van der Waals surface area contributed by atoms with Gasteiger partial charge in [-0.05, 0) is 37.1 Å². The highest BCUT2D eigenvalue weighted by Gasteiger charge is 2.44. The van der Waals surface area contributed by atoms with Crippen LogP contribution in [0, 0.1) is 11.8 Å². The minimum Gasteiger partial charge on any atom is -0.481 e. The second-order valence-corrected chi connectivity index (χ2v) is 11.6. The largest absolute Gasteiger partial charge is 0.481 e. The van der Waals surface area contributed by atoms with Crippen molar-refractivity contribution >= 4 is 93.5 Å². The van der Waals surface area contributed by atoms with Crippen LogP contribution in [0.3, 0.4) is 0 Å². The molecule has 42 heavy (non-hydrogen) atoms. The predicted molar refractivity (Wildman–Crippen MR) is 161 cm³/mol. The van der Waals surface area contributed by atoms with Gasteiger partial charge in [0, 0.05) is 13.2 Å². The Bertz CT molecular complexity index is 1010. The highest BCUT2D eigenvalue weighted by Crippen LogP contribution is 2.41. The smallest absolute Gasteiger partial charge is 0.414 e. The van der Waals surface area contributed by atoms with E-state index in [1.54, 1.807) is 0 Å². The third-order valence-corrected chi connectivity index (χ3v) is 7.82. The molecule has 0 aliphatic heterocycles. The number of halogens is 6. The van der Waals surface area contributed by atoms with Crippen LogP contribution in [0.15, 0.2) is 44.4 Å². The molecular weight excluding hydrogens is 685 g/mol. The molecule has 0 saturated heterocycles. The van der Waals surface area contributed by atoms with Gasteiger partial charge < -0.3 is 29.9 Å². The van der Waals surface area contributed by atoms with Gasteiger partial charge in [0.05, 0.1) is 20.1 Å².